The number of amides is 1. The maximum absolute atomic E-state index is 11.3. The van der Waals surface area contributed by atoms with Crippen molar-refractivity contribution in [2.45, 2.75) is 39.3 Å². The SMILES string of the molecule is CC(=O)N[C@@H](CCO)C(=O)OC(C)C. The zero-order valence-corrected chi connectivity index (χ0v) is 8.74. The van der Waals surface area contributed by atoms with Gasteiger partial charge in [-0.25, -0.2) is 4.79 Å². The quantitative estimate of drug-likeness (QED) is 0.608. The van der Waals surface area contributed by atoms with Gasteiger partial charge in [0, 0.05) is 20.0 Å². The molecule has 82 valence electrons. The number of ether oxygens (including phenoxy) is 1. The van der Waals surface area contributed by atoms with Gasteiger partial charge in [-0.05, 0) is 13.8 Å². The van der Waals surface area contributed by atoms with Gasteiger partial charge in [-0.2, -0.15) is 0 Å². The molecule has 0 heterocycles. The minimum Gasteiger partial charge on any atom is -0.461 e. The van der Waals surface area contributed by atoms with Crippen molar-refractivity contribution in [1.82, 2.24) is 5.32 Å². The van der Waals surface area contributed by atoms with Crippen LogP contribution < -0.4 is 5.32 Å². The number of carbonyl (C=O) groups is 2. The number of nitrogens with one attached hydrogen (secondary N) is 1. The molecule has 5 nitrogen and oxygen atoms in total. The van der Waals surface area contributed by atoms with Gasteiger partial charge in [0.15, 0.2) is 0 Å². The largest absolute Gasteiger partial charge is 0.461 e. The predicted octanol–water partition coefficient (Wildman–Crippen LogP) is -0.175. The molecule has 0 fully saturated rings. The smallest absolute Gasteiger partial charge is 0.328 e. The van der Waals surface area contributed by atoms with Crippen LogP contribution in [0, 0.1) is 0 Å². The molecule has 0 rings (SSSR count). The maximum atomic E-state index is 11.3. The van der Waals surface area contributed by atoms with Crippen LogP contribution in [0.1, 0.15) is 27.2 Å². The first-order valence-electron chi connectivity index (χ1n) is 4.55. The molecule has 1 atom stereocenters. The summed E-state index contributed by atoms with van der Waals surface area (Å²) in [7, 11) is 0. The molecule has 0 aromatic heterocycles. The molecule has 0 bridgehead atoms. The molecule has 0 aromatic rings. The highest BCUT2D eigenvalue weighted by molar-refractivity contribution is 5.83. The van der Waals surface area contributed by atoms with Crippen LogP contribution in [0.3, 0.4) is 0 Å². The van der Waals surface area contributed by atoms with Crippen LogP contribution in [0.4, 0.5) is 0 Å². The highest BCUT2D eigenvalue weighted by Crippen LogP contribution is 1.98. The molecule has 5 heteroatoms. The van der Waals surface area contributed by atoms with Gasteiger partial charge in [-0.15, -0.1) is 0 Å². The van der Waals surface area contributed by atoms with Gasteiger partial charge >= 0.3 is 5.97 Å². The van der Waals surface area contributed by atoms with Crippen molar-refractivity contribution >= 4 is 11.9 Å². The van der Waals surface area contributed by atoms with E-state index in [4.69, 9.17) is 9.84 Å². The lowest BCUT2D eigenvalue weighted by atomic mass is 10.2. The first-order valence-corrected chi connectivity index (χ1v) is 4.55. The van der Waals surface area contributed by atoms with Gasteiger partial charge in [0.25, 0.3) is 0 Å². The van der Waals surface area contributed by atoms with Gasteiger partial charge in [0.2, 0.25) is 5.91 Å². The molecule has 0 radical (unpaired) electrons. The highest BCUT2D eigenvalue weighted by Gasteiger charge is 2.20. The Morgan fingerprint density at radius 1 is 1.43 bits per heavy atom. The van der Waals surface area contributed by atoms with Crippen molar-refractivity contribution in [1.29, 1.82) is 0 Å². The Labute approximate surface area is 83.4 Å². The maximum Gasteiger partial charge on any atom is 0.328 e. The number of aliphatic hydroxyl groups excluding tert-OH is 1. The Kier molecular flexibility index (Phi) is 5.87. The summed E-state index contributed by atoms with van der Waals surface area (Å²) >= 11 is 0. The Hall–Kier alpha value is -1.10. The lowest BCUT2D eigenvalue weighted by Crippen LogP contribution is -2.42. The van der Waals surface area contributed by atoms with Gasteiger partial charge < -0.3 is 15.2 Å². The van der Waals surface area contributed by atoms with Gasteiger partial charge in [-0.3, -0.25) is 4.79 Å². The van der Waals surface area contributed by atoms with Crippen molar-refractivity contribution in [2.24, 2.45) is 0 Å². The molecule has 0 aromatic carbocycles. The average Bonchev–Trinajstić information content (AvgIpc) is 2.01. The van der Waals surface area contributed by atoms with Crippen molar-refractivity contribution in [3.63, 3.8) is 0 Å². The van der Waals surface area contributed by atoms with Crippen molar-refractivity contribution in [3.05, 3.63) is 0 Å². The Balaban J connectivity index is 4.17. The summed E-state index contributed by atoms with van der Waals surface area (Å²) in [5.74, 6) is -0.826. The van der Waals surface area contributed by atoms with E-state index >= 15 is 0 Å². The van der Waals surface area contributed by atoms with Crippen LogP contribution in [-0.2, 0) is 14.3 Å². The van der Waals surface area contributed by atoms with E-state index in [-0.39, 0.29) is 25.0 Å². The topological polar surface area (TPSA) is 75.6 Å². The van der Waals surface area contributed by atoms with Gasteiger partial charge in [-0.1, -0.05) is 0 Å². The van der Waals surface area contributed by atoms with Crippen molar-refractivity contribution < 1.29 is 19.4 Å². The van der Waals surface area contributed by atoms with Crippen LogP contribution in [0.2, 0.25) is 0 Å². The molecule has 2 N–H and O–H groups in total. The second kappa shape index (κ2) is 6.37. The Morgan fingerprint density at radius 2 is 2.00 bits per heavy atom. The minimum absolute atomic E-state index is 0.169. The molecule has 0 spiro atoms. The van der Waals surface area contributed by atoms with E-state index in [1.807, 2.05) is 0 Å². The van der Waals surface area contributed by atoms with Crippen molar-refractivity contribution in [3.8, 4) is 0 Å². The number of hydrogen-bond donors (Lipinski definition) is 2. The third-order valence-corrected chi connectivity index (χ3v) is 1.43. The predicted molar refractivity (Wildman–Crippen MR) is 50.5 cm³/mol. The second-order valence-electron chi connectivity index (χ2n) is 3.25. The summed E-state index contributed by atoms with van der Waals surface area (Å²) in [6, 6.07) is -0.750. The third-order valence-electron chi connectivity index (χ3n) is 1.43. The van der Waals surface area contributed by atoms with E-state index < -0.39 is 12.0 Å². The summed E-state index contributed by atoms with van der Waals surface area (Å²) in [5, 5.41) is 11.1. The van der Waals surface area contributed by atoms with Crippen LogP contribution >= 0.6 is 0 Å². The second-order valence-corrected chi connectivity index (χ2v) is 3.25. The van der Waals surface area contributed by atoms with E-state index in [1.165, 1.54) is 6.92 Å². The number of rotatable bonds is 5. The number of carbonyl (C=O) groups excluding carboxylic acids is 2. The first kappa shape index (κ1) is 12.9. The molecule has 0 aliphatic carbocycles. The fourth-order valence-electron chi connectivity index (χ4n) is 0.938. The van der Waals surface area contributed by atoms with Crippen LogP contribution in [-0.4, -0.2) is 35.7 Å². The molecular formula is C9H17NO4. The Bertz CT molecular complexity index is 203. The fourth-order valence-corrected chi connectivity index (χ4v) is 0.938. The number of esters is 1. The Morgan fingerprint density at radius 3 is 2.36 bits per heavy atom. The van der Waals surface area contributed by atoms with E-state index in [9.17, 15) is 9.59 Å². The first-order chi connectivity index (χ1) is 6.47. The van der Waals surface area contributed by atoms with Crippen LogP contribution in [0.25, 0.3) is 0 Å². The van der Waals surface area contributed by atoms with Gasteiger partial charge in [0.1, 0.15) is 6.04 Å². The molecule has 14 heavy (non-hydrogen) atoms. The zero-order chi connectivity index (χ0) is 11.1. The summed E-state index contributed by atoms with van der Waals surface area (Å²) in [6.07, 6.45) is -0.0528. The van der Waals surface area contributed by atoms with Crippen LogP contribution in [0.5, 0.6) is 0 Å². The van der Waals surface area contributed by atoms with Crippen LogP contribution in [0.15, 0.2) is 0 Å². The molecule has 0 saturated carbocycles. The molecule has 0 aliphatic heterocycles. The van der Waals surface area contributed by atoms with E-state index in [2.05, 4.69) is 5.32 Å². The minimum atomic E-state index is -0.750. The van der Waals surface area contributed by atoms with E-state index in [0.29, 0.717) is 0 Å². The molecule has 0 unspecified atom stereocenters. The third kappa shape index (κ3) is 5.53. The highest BCUT2D eigenvalue weighted by atomic mass is 16.5. The summed E-state index contributed by atoms with van der Waals surface area (Å²) in [6.45, 7) is 4.59. The molecular weight excluding hydrogens is 186 g/mol. The standard InChI is InChI=1S/C9H17NO4/c1-6(2)14-9(13)8(4-5-11)10-7(3)12/h6,8,11H,4-5H2,1-3H3,(H,10,12)/t8-/m0/s1. The number of hydrogen-bond acceptors (Lipinski definition) is 4. The normalized spacial score (nSPS) is 12.4. The lowest BCUT2D eigenvalue weighted by molar-refractivity contribution is -0.151. The number of aliphatic hydroxyl groups is 1. The van der Waals surface area contributed by atoms with Crippen molar-refractivity contribution in [2.75, 3.05) is 6.61 Å². The monoisotopic (exact) mass is 203 g/mol. The summed E-state index contributed by atoms with van der Waals surface area (Å²) in [5.41, 5.74) is 0. The average molecular weight is 203 g/mol. The van der Waals surface area contributed by atoms with E-state index in [0.717, 1.165) is 0 Å². The summed E-state index contributed by atoms with van der Waals surface area (Å²) < 4.78 is 4.90. The summed E-state index contributed by atoms with van der Waals surface area (Å²) in [4.78, 5) is 22.0. The fraction of sp³-hybridized carbons (Fsp3) is 0.778. The zero-order valence-electron chi connectivity index (χ0n) is 8.74. The van der Waals surface area contributed by atoms with Gasteiger partial charge in [0.05, 0.1) is 6.10 Å². The molecule has 0 aliphatic rings. The molecule has 1 amide bonds. The van der Waals surface area contributed by atoms with E-state index in [1.54, 1.807) is 13.8 Å². The lowest BCUT2D eigenvalue weighted by Gasteiger charge is -2.17. The molecule has 0 saturated heterocycles.